The van der Waals surface area contributed by atoms with Crippen molar-refractivity contribution in [2.24, 2.45) is 0 Å². The first kappa shape index (κ1) is 19.5. The fourth-order valence-corrected chi connectivity index (χ4v) is 3.63. The number of para-hydroxylation sites is 1. The number of ketones is 1. The molecule has 2 nitrogen and oxygen atoms in total. The predicted molar refractivity (Wildman–Crippen MR) is 118 cm³/mol. The number of Topliss-reactive ketones (excluding diaryl/α,β-unsaturated/α-hetero) is 1. The second kappa shape index (κ2) is 8.59. The molecule has 0 fully saturated rings. The summed E-state index contributed by atoms with van der Waals surface area (Å²) in [6.45, 7) is 0.310. The molecule has 0 radical (unpaired) electrons. The summed E-state index contributed by atoms with van der Waals surface area (Å²) in [5, 5.41) is 1.11. The van der Waals surface area contributed by atoms with Crippen LogP contribution < -0.4 is 4.57 Å². The Morgan fingerprint density at radius 2 is 1.44 bits per heavy atom. The summed E-state index contributed by atoms with van der Waals surface area (Å²) in [5.41, 5.74) is 4.03. The maximum Gasteiger partial charge on any atom is 0.227 e. The van der Waals surface area contributed by atoms with Gasteiger partial charge in [-0.2, -0.15) is 4.57 Å². The minimum absolute atomic E-state index is 0. The number of pyridine rings is 1. The van der Waals surface area contributed by atoms with Crippen LogP contribution in [-0.2, 0) is 6.54 Å². The van der Waals surface area contributed by atoms with Crippen LogP contribution >= 0.6 is 32.9 Å². The Morgan fingerprint density at radius 1 is 0.815 bits per heavy atom. The summed E-state index contributed by atoms with van der Waals surface area (Å²) in [5.74, 6) is 0.0952. The van der Waals surface area contributed by atoms with E-state index in [1.165, 1.54) is 0 Å². The number of hydrogen-bond acceptors (Lipinski definition) is 1. The van der Waals surface area contributed by atoms with Gasteiger partial charge in [0.05, 0.1) is 4.47 Å². The van der Waals surface area contributed by atoms with E-state index >= 15 is 0 Å². The summed E-state index contributed by atoms with van der Waals surface area (Å²) in [7, 11) is 0. The van der Waals surface area contributed by atoms with Crippen molar-refractivity contribution in [3.05, 3.63) is 101 Å². The Kier molecular flexibility index (Phi) is 6.19. The summed E-state index contributed by atoms with van der Waals surface area (Å²) in [6.07, 6.45) is 1.96. The van der Waals surface area contributed by atoms with Gasteiger partial charge >= 0.3 is 0 Å². The zero-order chi connectivity index (χ0) is 17.9. The lowest BCUT2D eigenvalue weighted by Crippen LogP contribution is -2.38. The average molecular weight is 484 g/mol. The zero-order valence-corrected chi connectivity index (χ0v) is 17.8. The molecule has 27 heavy (non-hydrogen) atoms. The van der Waals surface area contributed by atoms with Crippen molar-refractivity contribution in [3.8, 4) is 11.1 Å². The highest BCUT2D eigenvalue weighted by Gasteiger charge is 2.16. The lowest BCUT2D eigenvalue weighted by Gasteiger charge is -2.05. The molecule has 0 N–H and O–H groups in total. The van der Waals surface area contributed by atoms with Gasteiger partial charge in [-0.15, -0.1) is 17.0 Å². The second-order valence-electron chi connectivity index (χ2n) is 6.21. The number of carbonyl (C=O) groups excluding carboxylic acids is 1. The van der Waals surface area contributed by atoms with Crippen molar-refractivity contribution < 1.29 is 9.36 Å². The van der Waals surface area contributed by atoms with Crippen LogP contribution in [0.15, 0.2) is 95.6 Å². The maximum atomic E-state index is 12.8. The molecule has 0 saturated carbocycles. The van der Waals surface area contributed by atoms with Crippen molar-refractivity contribution in [1.29, 1.82) is 0 Å². The van der Waals surface area contributed by atoms with Crippen LogP contribution in [0.4, 0.5) is 0 Å². The molecule has 0 aliphatic carbocycles. The number of hydrogen-bond donors (Lipinski definition) is 0. The Labute approximate surface area is 177 Å². The van der Waals surface area contributed by atoms with Crippen LogP contribution in [0, 0.1) is 0 Å². The SMILES string of the molecule is Br.O=C(C[n+]1cc(Br)cc2ccccc21)c1ccc(-c2ccccc2)cc1. The molecule has 0 bridgehead atoms. The molecule has 0 atom stereocenters. The van der Waals surface area contributed by atoms with Crippen LogP contribution in [0.5, 0.6) is 0 Å². The quantitative estimate of drug-likeness (QED) is 0.257. The van der Waals surface area contributed by atoms with Crippen molar-refractivity contribution >= 4 is 49.6 Å². The number of benzene rings is 3. The Bertz CT molecular complexity index is 1080. The molecule has 1 aromatic heterocycles. The van der Waals surface area contributed by atoms with E-state index in [0.717, 1.165) is 32.1 Å². The number of rotatable bonds is 4. The van der Waals surface area contributed by atoms with Crippen LogP contribution in [0.2, 0.25) is 0 Å². The molecule has 3 aromatic carbocycles. The number of fused-ring (bicyclic) bond motifs is 1. The van der Waals surface area contributed by atoms with Crippen molar-refractivity contribution in [1.82, 2.24) is 0 Å². The molecule has 1 heterocycles. The summed E-state index contributed by atoms with van der Waals surface area (Å²) >= 11 is 3.53. The lowest BCUT2D eigenvalue weighted by molar-refractivity contribution is -0.657. The third-order valence-electron chi connectivity index (χ3n) is 4.45. The van der Waals surface area contributed by atoms with E-state index in [1.54, 1.807) is 0 Å². The minimum atomic E-state index is 0. The molecule has 134 valence electrons. The van der Waals surface area contributed by atoms with Gasteiger partial charge in [-0.05, 0) is 39.2 Å². The second-order valence-corrected chi connectivity index (χ2v) is 7.13. The average Bonchev–Trinajstić information content (AvgIpc) is 2.68. The van der Waals surface area contributed by atoms with Gasteiger partial charge in [0.15, 0.2) is 6.20 Å². The first-order chi connectivity index (χ1) is 12.7. The van der Waals surface area contributed by atoms with Crippen molar-refractivity contribution in [3.63, 3.8) is 0 Å². The van der Waals surface area contributed by atoms with Gasteiger partial charge in [0.1, 0.15) is 0 Å². The molecule has 0 aliphatic rings. The number of halogens is 2. The normalized spacial score (nSPS) is 10.4. The van der Waals surface area contributed by atoms with Gasteiger partial charge < -0.3 is 0 Å². The van der Waals surface area contributed by atoms with Gasteiger partial charge in [-0.25, -0.2) is 0 Å². The van der Waals surface area contributed by atoms with E-state index in [-0.39, 0.29) is 22.8 Å². The lowest BCUT2D eigenvalue weighted by atomic mass is 10.0. The fourth-order valence-electron chi connectivity index (χ4n) is 3.13. The number of aromatic nitrogens is 1. The van der Waals surface area contributed by atoms with Gasteiger partial charge in [0.25, 0.3) is 0 Å². The van der Waals surface area contributed by atoms with E-state index in [1.807, 2.05) is 71.4 Å². The van der Waals surface area contributed by atoms with Crippen LogP contribution in [0.3, 0.4) is 0 Å². The third-order valence-corrected chi connectivity index (χ3v) is 4.88. The van der Waals surface area contributed by atoms with Gasteiger partial charge in [0.2, 0.25) is 17.8 Å². The first-order valence-electron chi connectivity index (χ1n) is 8.47. The smallest absolute Gasteiger partial charge is 0.227 e. The van der Waals surface area contributed by atoms with Gasteiger partial charge in [-0.3, -0.25) is 4.79 Å². The molecular weight excluding hydrogens is 466 g/mol. The zero-order valence-electron chi connectivity index (χ0n) is 14.5. The summed E-state index contributed by atoms with van der Waals surface area (Å²) < 4.78 is 2.95. The first-order valence-corrected chi connectivity index (χ1v) is 9.26. The van der Waals surface area contributed by atoms with Crippen LogP contribution in [-0.4, -0.2) is 5.78 Å². The number of carbonyl (C=O) groups is 1. The van der Waals surface area contributed by atoms with E-state index in [9.17, 15) is 4.79 Å². The molecule has 0 saturated heterocycles. The topological polar surface area (TPSA) is 20.9 Å². The maximum absolute atomic E-state index is 12.8. The molecule has 0 aliphatic heterocycles. The van der Waals surface area contributed by atoms with E-state index in [0.29, 0.717) is 6.54 Å². The fraction of sp³-hybridized carbons (Fsp3) is 0.0435. The molecule has 0 spiro atoms. The highest BCUT2D eigenvalue weighted by Crippen LogP contribution is 2.20. The molecule has 4 heteroatoms. The molecule has 0 amide bonds. The highest BCUT2D eigenvalue weighted by atomic mass is 79.9. The standard InChI is InChI=1S/C23H17BrNO.BrH/c24-21-14-20-8-4-5-9-22(20)25(15-21)16-23(26)19-12-10-18(11-13-19)17-6-2-1-3-7-17;/h1-15H,16H2;1H/q+1;. The van der Waals surface area contributed by atoms with E-state index in [4.69, 9.17) is 0 Å². The van der Waals surface area contributed by atoms with Crippen molar-refractivity contribution in [2.75, 3.05) is 0 Å². The van der Waals surface area contributed by atoms with Gasteiger partial charge in [-0.1, -0.05) is 66.7 Å². The highest BCUT2D eigenvalue weighted by molar-refractivity contribution is 9.10. The summed E-state index contributed by atoms with van der Waals surface area (Å²) in [4.78, 5) is 12.8. The Morgan fingerprint density at radius 3 is 2.19 bits per heavy atom. The largest absolute Gasteiger partial charge is 0.287 e. The number of nitrogens with zero attached hydrogens (tertiary/aromatic N) is 1. The third kappa shape index (κ3) is 4.34. The Balaban J connectivity index is 0.00000210. The van der Waals surface area contributed by atoms with Crippen LogP contribution in [0.25, 0.3) is 22.0 Å². The minimum Gasteiger partial charge on any atom is -0.287 e. The molecule has 4 rings (SSSR count). The molecule has 4 aromatic rings. The van der Waals surface area contributed by atoms with Crippen LogP contribution in [0.1, 0.15) is 10.4 Å². The van der Waals surface area contributed by atoms with E-state index < -0.39 is 0 Å². The summed E-state index contributed by atoms with van der Waals surface area (Å²) in [6, 6.07) is 28.1. The molecular formula is C23H18Br2NO+. The van der Waals surface area contributed by atoms with E-state index in [2.05, 4.69) is 40.2 Å². The van der Waals surface area contributed by atoms with Gasteiger partial charge in [0, 0.05) is 17.0 Å². The monoisotopic (exact) mass is 482 g/mol. The van der Waals surface area contributed by atoms with Crippen molar-refractivity contribution in [2.45, 2.75) is 6.54 Å². The predicted octanol–water partition coefficient (Wildman–Crippen LogP) is 6.02. The Hall–Kier alpha value is -2.30. The molecule has 0 unspecified atom stereocenters.